The number of aliphatic hydroxyl groups is 1. The molecule has 1 unspecified atom stereocenters. The second kappa shape index (κ2) is 10.8. The van der Waals surface area contributed by atoms with Crippen molar-refractivity contribution >= 4 is 17.9 Å². The normalized spacial score (nSPS) is 17.0. The molecule has 2 rings (SSSR count). The maximum absolute atomic E-state index is 12.8. The summed E-state index contributed by atoms with van der Waals surface area (Å²) in [4.78, 5) is 36.3. The van der Waals surface area contributed by atoms with Crippen molar-refractivity contribution < 1.29 is 24.6 Å². The lowest BCUT2D eigenvalue weighted by molar-refractivity contribution is -0.133. The molecule has 1 aliphatic carbocycles. The SMILES string of the molecule is CC(C)C[C@H](NC(=O)O)C(=O)N[C@@H](Cc1ccccc1)C(O)C(=O)NC1CCC1. The predicted molar refractivity (Wildman–Crippen MR) is 108 cm³/mol. The van der Waals surface area contributed by atoms with Crippen LogP contribution in [0.25, 0.3) is 0 Å². The molecule has 0 spiro atoms. The van der Waals surface area contributed by atoms with Crippen LogP contribution in [-0.2, 0) is 16.0 Å². The molecule has 0 aromatic heterocycles. The molecule has 0 heterocycles. The molecular weight excluding hydrogens is 374 g/mol. The number of rotatable bonds is 10. The van der Waals surface area contributed by atoms with Crippen molar-refractivity contribution in [2.45, 2.75) is 70.2 Å². The molecule has 1 aromatic carbocycles. The molecule has 5 N–H and O–H groups in total. The van der Waals surface area contributed by atoms with Crippen molar-refractivity contribution in [1.29, 1.82) is 0 Å². The summed E-state index contributed by atoms with van der Waals surface area (Å²) < 4.78 is 0. The molecule has 1 aromatic rings. The Balaban J connectivity index is 2.12. The summed E-state index contributed by atoms with van der Waals surface area (Å²) in [5, 5.41) is 27.4. The van der Waals surface area contributed by atoms with Gasteiger partial charge >= 0.3 is 6.09 Å². The van der Waals surface area contributed by atoms with Crippen molar-refractivity contribution in [3.8, 4) is 0 Å². The lowest BCUT2D eigenvalue weighted by Crippen LogP contribution is -2.57. The molecule has 0 saturated heterocycles. The molecule has 8 nitrogen and oxygen atoms in total. The Kier molecular flexibility index (Phi) is 8.45. The van der Waals surface area contributed by atoms with Crippen molar-refractivity contribution in [2.24, 2.45) is 5.92 Å². The first kappa shape index (κ1) is 22.7. The third-order valence-corrected chi connectivity index (χ3v) is 5.05. The molecule has 160 valence electrons. The maximum Gasteiger partial charge on any atom is 0.405 e. The average Bonchev–Trinajstić information content (AvgIpc) is 2.62. The van der Waals surface area contributed by atoms with E-state index in [0.29, 0.717) is 6.42 Å². The monoisotopic (exact) mass is 405 g/mol. The number of amides is 3. The van der Waals surface area contributed by atoms with E-state index in [1.807, 2.05) is 44.2 Å². The van der Waals surface area contributed by atoms with Gasteiger partial charge in [-0.25, -0.2) is 4.79 Å². The highest BCUT2D eigenvalue weighted by Crippen LogP contribution is 2.18. The fourth-order valence-corrected chi connectivity index (χ4v) is 3.27. The van der Waals surface area contributed by atoms with Gasteiger partial charge in [0.2, 0.25) is 5.91 Å². The molecule has 29 heavy (non-hydrogen) atoms. The zero-order valence-corrected chi connectivity index (χ0v) is 16.9. The molecule has 1 fully saturated rings. The minimum atomic E-state index is -1.44. The standard InChI is InChI=1S/C21H31N3O5/c1-13(2)11-17(24-21(28)29)19(26)23-16(12-14-7-4-3-5-8-14)18(25)20(27)22-15-9-6-10-15/h3-5,7-8,13,15-18,24-25H,6,9-12H2,1-2H3,(H,22,27)(H,23,26)(H,28,29)/t16-,17-,18?/m0/s1. The number of aliphatic hydroxyl groups excluding tert-OH is 1. The van der Waals surface area contributed by atoms with Crippen LogP contribution in [0, 0.1) is 5.92 Å². The highest BCUT2D eigenvalue weighted by molar-refractivity contribution is 5.87. The minimum absolute atomic E-state index is 0.0626. The number of carboxylic acid groups (broad SMARTS) is 1. The van der Waals surface area contributed by atoms with E-state index in [4.69, 9.17) is 5.11 Å². The first-order valence-corrected chi connectivity index (χ1v) is 10.1. The van der Waals surface area contributed by atoms with E-state index in [9.17, 15) is 19.5 Å². The Bertz CT molecular complexity index is 691. The maximum atomic E-state index is 12.8. The van der Waals surface area contributed by atoms with Crippen LogP contribution in [0.1, 0.15) is 45.1 Å². The Morgan fingerprint density at radius 3 is 2.24 bits per heavy atom. The van der Waals surface area contributed by atoms with Gasteiger partial charge in [-0.2, -0.15) is 0 Å². The third-order valence-electron chi connectivity index (χ3n) is 5.05. The van der Waals surface area contributed by atoms with Gasteiger partial charge in [0.25, 0.3) is 5.91 Å². The molecule has 3 amide bonds. The summed E-state index contributed by atoms with van der Waals surface area (Å²) in [5.41, 5.74) is 0.847. The van der Waals surface area contributed by atoms with E-state index >= 15 is 0 Å². The predicted octanol–water partition coefficient (Wildman–Crippen LogP) is 1.43. The topological polar surface area (TPSA) is 128 Å². The van der Waals surface area contributed by atoms with Crippen LogP contribution in [0.5, 0.6) is 0 Å². The fourth-order valence-electron chi connectivity index (χ4n) is 3.27. The van der Waals surface area contributed by atoms with Gasteiger partial charge in [0.1, 0.15) is 6.04 Å². The largest absolute Gasteiger partial charge is 0.465 e. The summed E-state index contributed by atoms with van der Waals surface area (Å²) in [6, 6.07) is 7.43. The van der Waals surface area contributed by atoms with E-state index in [1.54, 1.807) is 0 Å². The Morgan fingerprint density at radius 2 is 1.72 bits per heavy atom. The van der Waals surface area contributed by atoms with E-state index < -0.39 is 36.1 Å². The summed E-state index contributed by atoms with van der Waals surface area (Å²) in [5.74, 6) is -1.00. The van der Waals surface area contributed by atoms with Gasteiger partial charge in [0, 0.05) is 6.04 Å². The fraction of sp³-hybridized carbons (Fsp3) is 0.571. The zero-order valence-electron chi connectivity index (χ0n) is 16.9. The summed E-state index contributed by atoms with van der Waals surface area (Å²) in [6.45, 7) is 3.76. The van der Waals surface area contributed by atoms with Crippen molar-refractivity contribution in [3.05, 3.63) is 35.9 Å². The smallest absolute Gasteiger partial charge is 0.405 e. The third kappa shape index (κ3) is 7.38. The van der Waals surface area contributed by atoms with E-state index in [-0.39, 0.29) is 18.4 Å². The van der Waals surface area contributed by atoms with Crippen LogP contribution in [0.15, 0.2) is 30.3 Å². The molecular formula is C21H31N3O5. The van der Waals surface area contributed by atoms with Gasteiger partial charge in [0.15, 0.2) is 6.10 Å². The van der Waals surface area contributed by atoms with E-state index in [2.05, 4.69) is 16.0 Å². The number of benzene rings is 1. The van der Waals surface area contributed by atoms with E-state index in [0.717, 1.165) is 24.8 Å². The Hall–Kier alpha value is -2.61. The molecule has 0 radical (unpaired) electrons. The Labute approximate surface area is 171 Å². The quantitative estimate of drug-likeness (QED) is 0.402. The van der Waals surface area contributed by atoms with Crippen LogP contribution < -0.4 is 16.0 Å². The number of carbonyl (C=O) groups is 3. The van der Waals surface area contributed by atoms with Crippen molar-refractivity contribution in [2.75, 3.05) is 0 Å². The summed E-state index contributed by atoms with van der Waals surface area (Å²) in [6.07, 6.45) is 0.620. The average molecular weight is 405 g/mol. The summed E-state index contributed by atoms with van der Waals surface area (Å²) >= 11 is 0. The van der Waals surface area contributed by atoms with Crippen LogP contribution in [0.3, 0.4) is 0 Å². The number of nitrogens with one attached hydrogen (secondary N) is 3. The number of hydrogen-bond donors (Lipinski definition) is 5. The summed E-state index contributed by atoms with van der Waals surface area (Å²) in [7, 11) is 0. The number of carbonyl (C=O) groups excluding carboxylic acids is 2. The van der Waals surface area contributed by atoms with Gasteiger partial charge in [-0.05, 0) is 43.6 Å². The van der Waals surface area contributed by atoms with Crippen LogP contribution in [0.2, 0.25) is 0 Å². The van der Waals surface area contributed by atoms with Crippen molar-refractivity contribution in [3.63, 3.8) is 0 Å². The second-order valence-corrected chi connectivity index (χ2v) is 8.02. The molecule has 8 heteroatoms. The highest BCUT2D eigenvalue weighted by atomic mass is 16.4. The first-order valence-electron chi connectivity index (χ1n) is 10.1. The van der Waals surface area contributed by atoms with Crippen LogP contribution in [-0.4, -0.2) is 52.4 Å². The van der Waals surface area contributed by atoms with E-state index in [1.165, 1.54) is 0 Å². The lowest BCUT2D eigenvalue weighted by atomic mass is 9.92. The van der Waals surface area contributed by atoms with Crippen LogP contribution in [0.4, 0.5) is 4.79 Å². The number of hydrogen-bond acceptors (Lipinski definition) is 4. The minimum Gasteiger partial charge on any atom is -0.465 e. The molecule has 1 saturated carbocycles. The molecule has 3 atom stereocenters. The Morgan fingerprint density at radius 1 is 1.07 bits per heavy atom. The van der Waals surface area contributed by atoms with Gasteiger partial charge in [-0.15, -0.1) is 0 Å². The van der Waals surface area contributed by atoms with Gasteiger partial charge in [-0.3, -0.25) is 9.59 Å². The highest BCUT2D eigenvalue weighted by Gasteiger charge is 2.32. The lowest BCUT2D eigenvalue weighted by Gasteiger charge is -2.30. The van der Waals surface area contributed by atoms with Gasteiger partial charge in [0.05, 0.1) is 6.04 Å². The molecule has 0 aliphatic heterocycles. The zero-order chi connectivity index (χ0) is 21.4. The molecule has 1 aliphatic rings. The molecule has 0 bridgehead atoms. The van der Waals surface area contributed by atoms with Gasteiger partial charge < -0.3 is 26.2 Å². The van der Waals surface area contributed by atoms with Crippen molar-refractivity contribution in [1.82, 2.24) is 16.0 Å². The van der Waals surface area contributed by atoms with Gasteiger partial charge in [-0.1, -0.05) is 44.2 Å². The van der Waals surface area contributed by atoms with Crippen LogP contribution >= 0.6 is 0 Å². The first-order chi connectivity index (χ1) is 13.8. The second-order valence-electron chi connectivity index (χ2n) is 8.02.